The number of aliphatic hydroxyl groups excluding tert-OH is 1. The van der Waals surface area contributed by atoms with Crippen LogP contribution in [0.4, 0.5) is 5.95 Å². The molecule has 1 unspecified atom stereocenters. The number of aromatic nitrogens is 2. The number of anilines is 1. The zero-order chi connectivity index (χ0) is 15.5. The molecule has 6 nitrogen and oxygen atoms in total. The van der Waals surface area contributed by atoms with Crippen LogP contribution in [-0.4, -0.2) is 32.4 Å². The number of carbonyl (C=O) groups excluding carboxylic acids is 1. The molecule has 0 bridgehead atoms. The van der Waals surface area contributed by atoms with Crippen LogP contribution in [0.3, 0.4) is 0 Å². The van der Waals surface area contributed by atoms with E-state index in [1.165, 1.54) is 6.08 Å². The van der Waals surface area contributed by atoms with Gasteiger partial charge in [0.25, 0.3) is 0 Å². The van der Waals surface area contributed by atoms with Crippen molar-refractivity contribution in [3.8, 4) is 0 Å². The van der Waals surface area contributed by atoms with Crippen molar-refractivity contribution in [1.29, 1.82) is 0 Å². The molecule has 1 aliphatic rings. The van der Waals surface area contributed by atoms with Crippen LogP contribution in [0, 0.1) is 0 Å². The zero-order valence-corrected chi connectivity index (χ0v) is 11.9. The van der Waals surface area contributed by atoms with Crippen molar-refractivity contribution in [2.45, 2.75) is 12.6 Å². The van der Waals surface area contributed by atoms with E-state index in [0.29, 0.717) is 18.7 Å². The van der Waals surface area contributed by atoms with Crippen LogP contribution in [0.15, 0.2) is 42.7 Å². The van der Waals surface area contributed by atoms with Gasteiger partial charge in [0, 0.05) is 30.6 Å². The first-order valence-corrected chi connectivity index (χ1v) is 6.94. The van der Waals surface area contributed by atoms with Gasteiger partial charge in [-0.2, -0.15) is 0 Å². The first-order chi connectivity index (χ1) is 10.6. The highest BCUT2D eigenvalue weighted by atomic mass is 16.3. The number of amides is 1. The highest BCUT2D eigenvalue weighted by Crippen LogP contribution is 2.26. The molecule has 3 rings (SSSR count). The van der Waals surface area contributed by atoms with E-state index in [9.17, 15) is 9.90 Å². The average Bonchev–Trinajstić information content (AvgIpc) is 2.54. The Kier molecular flexibility index (Phi) is 3.84. The summed E-state index contributed by atoms with van der Waals surface area (Å²) in [5, 5.41) is 10.1. The summed E-state index contributed by atoms with van der Waals surface area (Å²) >= 11 is 0. The summed E-state index contributed by atoms with van der Waals surface area (Å²) in [5.74, 6) is 0.0321. The van der Waals surface area contributed by atoms with E-state index < -0.39 is 6.10 Å². The SMILES string of the molecule is Nc1ncc(C=CC(=O)N2Cc3ccccc3C(O)C2)cn1. The summed E-state index contributed by atoms with van der Waals surface area (Å²) < 4.78 is 0. The fourth-order valence-electron chi connectivity index (χ4n) is 2.46. The van der Waals surface area contributed by atoms with Gasteiger partial charge in [0.05, 0.1) is 12.6 Å². The molecule has 0 fully saturated rings. The van der Waals surface area contributed by atoms with Crippen LogP contribution in [0.2, 0.25) is 0 Å². The molecule has 2 aromatic rings. The van der Waals surface area contributed by atoms with Gasteiger partial charge in [-0.3, -0.25) is 4.79 Å². The molecule has 1 aromatic heterocycles. The van der Waals surface area contributed by atoms with Crippen LogP contribution in [0.1, 0.15) is 22.8 Å². The van der Waals surface area contributed by atoms with Crippen LogP contribution in [0.5, 0.6) is 0 Å². The minimum Gasteiger partial charge on any atom is -0.387 e. The fourth-order valence-corrected chi connectivity index (χ4v) is 2.46. The maximum atomic E-state index is 12.3. The molecule has 1 aromatic carbocycles. The summed E-state index contributed by atoms with van der Waals surface area (Å²) in [6.07, 6.45) is 5.53. The Morgan fingerprint density at radius 2 is 2.05 bits per heavy atom. The molecule has 0 saturated carbocycles. The number of β-amino-alcohol motifs (C(OH)–C–C–N with tert-alkyl or cyclic N) is 1. The Morgan fingerprint density at radius 3 is 2.82 bits per heavy atom. The maximum absolute atomic E-state index is 12.3. The number of carbonyl (C=O) groups is 1. The standard InChI is InChI=1S/C16H16N4O2/c17-16-18-7-11(8-19-16)5-6-15(22)20-9-12-3-1-2-4-13(12)14(21)10-20/h1-8,14,21H,9-10H2,(H2,17,18,19). The van der Waals surface area contributed by atoms with Crippen molar-refractivity contribution in [2.24, 2.45) is 0 Å². The molecule has 22 heavy (non-hydrogen) atoms. The number of nitrogens with zero attached hydrogens (tertiary/aromatic N) is 3. The monoisotopic (exact) mass is 296 g/mol. The van der Waals surface area contributed by atoms with E-state index in [0.717, 1.165) is 11.1 Å². The van der Waals surface area contributed by atoms with Crippen molar-refractivity contribution in [2.75, 3.05) is 12.3 Å². The smallest absolute Gasteiger partial charge is 0.246 e. The number of rotatable bonds is 2. The molecule has 1 amide bonds. The molecule has 0 saturated heterocycles. The highest BCUT2D eigenvalue weighted by Gasteiger charge is 2.25. The third kappa shape index (κ3) is 2.96. The number of fused-ring (bicyclic) bond motifs is 1. The molecular formula is C16H16N4O2. The van der Waals surface area contributed by atoms with Crippen molar-refractivity contribution in [3.05, 3.63) is 59.4 Å². The quantitative estimate of drug-likeness (QED) is 0.811. The molecule has 1 aliphatic heterocycles. The molecule has 0 radical (unpaired) electrons. The third-order valence-corrected chi connectivity index (χ3v) is 3.59. The topological polar surface area (TPSA) is 92.3 Å². The van der Waals surface area contributed by atoms with Gasteiger partial charge < -0.3 is 15.7 Å². The van der Waals surface area contributed by atoms with Crippen LogP contribution >= 0.6 is 0 Å². The van der Waals surface area contributed by atoms with Gasteiger partial charge in [0.1, 0.15) is 0 Å². The van der Waals surface area contributed by atoms with Crippen molar-refractivity contribution >= 4 is 17.9 Å². The Hall–Kier alpha value is -2.73. The lowest BCUT2D eigenvalue weighted by Crippen LogP contribution is -2.37. The van der Waals surface area contributed by atoms with Crippen molar-refractivity contribution in [1.82, 2.24) is 14.9 Å². The van der Waals surface area contributed by atoms with Gasteiger partial charge in [-0.05, 0) is 17.2 Å². The van der Waals surface area contributed by atoms with Gasteiger partial charge in [-0.15, -0.1) is 0 Å². The minimum absolute atomic E-state index is 0.162. The van der Waals surface area contributed by atoms with Crippen LogP contribution in [-0.2, 0) is 11.3 Å². The zero-order valence-electron chi connectivity index (χ0n) is 11.9. The fraction of sp³-hybridized carbons (Fsp3) is 0.188. The van der Waals surface area contributed by atoms with E-state index in [1.54, 1.807) is 23.4 Å². The van der Waals surface area contributed by atoms with E-state index >= 15 is 0 Å². The predicted molar refractivity (Wildman–Crippen MR) is 82.3 cm³/mol. The molecule has 1 atom stereocenters. The highest BCUT2D eigenvalue weighted by molar-refractivity contribution is 5.91. The number of nitrogens with two attached hydrogens (primary N) is 1. The normalized spacial score (nSPS) is 17.5. The third-order valence-electron chi connectivity index (χ3n) is 3.59. The molecule has 0 spiro atoms. The van der Waals surface area contributed by atoms with Crippen LogP contribution < -0.4 is 5.73 Å². The van der Waals surface area contributed by atoms with E-state index in [2.05, 4.69) is 9.97 Å². The Labute approximate surface area is 127 Å². The molecular weight excluding hydrogens is 280 g/mol. The largest absolute Gasteiger partial charge is 0.387 e. The summed E-state index contributed by atoms with van der Waals surface area (Å²) in [4.78, 5) is 21.6. The minimum atomic E-state index is -0.651. The summed E-state index contributed by atoms with van der Waals surface area (Å²) in [7, 11) is 0. The second-order valence-electron chi connectivity index (χ2n) is 5.14. The first-order valence-electron chi connectivity index (χ1n) is 6.94. The summed E-state index contributed by atoms with van der Waals surface area (Å²) in [5.41, 5.74) is 7.97. The van der Waals surface area contributed by atoms with Crippen molar-refractivity contribution < 1.29 is 9.90 Å². The first kappa shape index (κ1) is 14.2. The lowest BCUT2D eigenvalue weighted by atomic mass is 9.97. The van der Waals surface area contributed by atoms with Gasteiger partial charge in [-0.25, -0.2) is 9.97 Å². The van der Waals surface area contributed by atoms with E-state index in [4.69, 9.17) is 5.73 Å². The molecule has 0 aliphatic carbocycles. The second kappa shape index (κ2) is 5.95. The van der Waals surface area contributed by atoms with Crippen LogP contribution in [0.25, 0.3) is 6.08 Å². The number of hydrogen-bond acceptors (Lipinski definition) is 5. The lowest BCUT2D eigenvalue weighted by Gasteiger charge is -2.31. The second-order valence-corrected chi connectivity index (χ2v) is 5.14. The van der Waals surface area contributed by atoms with Gasteiger partial charge in [0.15, 0.2) is 0 Å². The van der Waals surface area contributed by atoms with Crippen molar-refractivity contribution in [3.63, 3.8) is 0 Å². The number of hydrogen-bond donors (Lipinski definition) is 2. The molecule has 2 heterocycles. The molecule has 6 heteroatoms. The Balaban J connectivity index is 1.72. The summed E-state index contributed by atoms with van der Waals surface area (Å²) in [6.45, 7) is 0.785. The molecule has 112 valence electrons. The predicted octanol–water partition coefficient (Wildman–Crippen LogP) is 1.15. The van der Waals surface area contributed by atoms with E-state index in [-0.39, 0.29) is 11.9 Å². The average molecular weight is 296 g/mol. The lowest BCUT2D eigenvalue weighted by molar-refractivity contribution is -0.128. The maximum Gasteiger partial charge on any atom is 0.246 e. The van der Waals surface area contributed by atoms with Gasteiger partial charge >= 0.3 is 0 Å². The molecule has 3 N–H and O–H groups in total. The number of benzene rings is 1. The van der Waals surface area contributed by atoms with Gasteiger partial charge in [-0.1, -0.05) is 24.3 Å². The van der Waals surface area contributed by atoms with E-state index in [1.807, 2.05) is 24.3 Å². The number of aliphatic hydroxyl groups is 1. The Bertz CT molecular complexity index is 712. The van der Waals surface area contributed by atoms with Gasteiger partial charge in [0.2, 0.25) is 11.9 Å². The summed E-state index contributed by atoms with van der Waals surface area (Å²) in [6, 6.07) is 7.61. The Morgan fingerprint density at radius 1 is 1.32 bits per heavy atom. The number of nitrogen functional groups attached to an aromatic ring is 1.